The molecule has 0 bridgehead atoms. The Morgan fingerprint density at radius 2 is 2.04 bits per heavy atom. The van der Waals surface area contributed by atoms with E-state index in [2.05, 4.69) is 15.6 Å². The van der Waals surface area contributed by atoms with Crippen LogP contribution in [0, 0.1) is 17.0 Å². The van der Waals surface area contributed by atoms with Gasteiger partial charge in [-0.2, -0.15) is 0 Å². The summed E-state index contributed by atoms with van der Waals surface area (Å²) in [6, 6.07) is 9.25. The molecule has 1 aromatic carbocycles. The Morgan fingerprint density at radius 1 is 1.28 bits per heavy atom. The number of carbonyl (C=O) groups is 2. The molecule has 0 fully saturated rings. The molecule has 0 saturated carbocycles. The summed E-state index contributed by atoms with van der Waals surface area (Å²) in [6.07, 6.45) is 1.63. The lowest BCUT2D eigenvalue weighted by atomic mass is 10.1. The molecule has 2 rings (SSSR count). The number of amides is 2. The van der Waals surface area contributed by atoms with Crippen LogP contribution >= 0.6 is 0 Å². The van der Waals surface area contributed by atoms with Crippen LogP contribution in [0.2, 0.25) is 0 Å². The van der Waals surface area contributed by atoms with Crippen LogP contribution in [0.15, 0.2) is 42.6 Å². The smallest absolute Gasteiger partial charge is 0.273 e. The van der Waals surface area contributed by atoms with E-state index in [9.17, 15) is 19.7 Å². The van der Waals surface area contributed by atoms with Crippen molar-refractivity contribution in [1.82, 2.24) is 15.6 Å². The van der Waals surface area contributed by atoms with Gasteiger partial charge in [-0.25, -0.2) is 0 Å². The maximum Gasteiger partial charge on any atom is 0.273 e. The number of benzene rings is 1. The van der Waals surface area contributed by atoms with Gasteiger partial charge < -0.3 is 10.6 Å². The number of nitrogens with zero attached hydrogens (tertiary/aromatic N) is 2. The number of hydrogen-bond acceptors (Lipinski definition) is 5. The van der Waals surface area contributed by atoms with Crippen molar-refractivity contribution in [1.29, 1.82) is 0 Å². The largest absolute Gasteiger partial charge is 0.346 e. The molecule has 2 aromatic rings. The minimum atomic E-state index is -0.552. The number of hydrogen-bond donors (Lipinski definition) is 2. The average molecular weight is 342 g/mol. The first-order chi connectivity index (χ1) is 11.9. The monoisotopic (exact) mass is 342 g/mol. The maximum atomic E-state index is 12.1. The Bertz CT molecular complexity index is 792. The van der Waals surface area contributed by atoms with Crippen LogP contribution in [0.3, 0.4) is 0 Å². The van der Waals surface area contributed by atoms with Gasteiger partial charge in [0.15, 0.2) is 0 Å². The van der Waals surface area contributed by atoms with Crippen LogP contribution in [-0.4, -0.2) is 28.3 Å². The third-order valence-electron chi connectivity index (χ3n) is 3.59. The zero-order chi connectivity index (χ0) is 18.4. The van der Waals surface area contributed by atoms with Crippen molar-refractivity contribution in [2.75, 3.05) is 6.54 Å². The highest BCUT2D eigenvalue weighted by molar-refractivity contribution is 5.97. The van der Waals surface area contributed by atoms with E-state index in [1.54, 1.807) is 32.2 Å². The number of nitro groups is 1. The zero-order valence-electron chi connectivity index (χ0n) is 13.9. The first kappa shape index (κ1) is 18.1. The Hall–Kier alpha value is -3.29. The van der Waals surface area contributed by atoms with Crippen molar-refractivity contribution in [3.8, 4) is 0 Å². The predicted octanol–water partition coefficient (Wildman–Crippen LogP) is 1.91. The molecule has 1 heterocycles. The van der Waals surface area contributed by atoms with Crippen LogP contribution in [0.25, 0.3) is 0 Å². The van der Waals surface area contributed by atoms with Crippen molar-refractivity contribution >= 4 is 17.5 Å². The molecular formula is C17H18N4O4. The highest BCUT2D eigenvalue weighted by Gasteiger charge is 2.16. The van der Waals surface area contributed by atoms with E-state index in [1.165, 1.54) is 18.2 Å². The van der Waals surface area contributed by atoms with Gasteiger partial charge in [0.05, 0.1) is 23.2 Å². The molecule has 25 heavy (non-hydrogen) atoms. The Balaban J connectivity index is 1.92. The predicted molar refractivity (Wildman–Crippen MR) is 91.0 cm³/mol. The number of rotatable bonds is 6. The van der Waals surface area contributed by atoms with E-state index in [1.807, 2.05) is 6.07 Å². The fourth-order valence-corrected chi connectivity index (χ4v) is 2.21. The molecule has 0 aliphatic heterocycles. The van der Waals surface area contributed by atoms with Crippen LogP contribution in [-0.2, 0) is 4.79 Å². The molecule has 0 aliphatic carbocycles. The third-order valence-corrected chi connectivity index (χ3v) is 3.59. The maximum absolute atomic E-state index is 12.1. The standard InChI is InChI=1S/C17H18N4O4/c1-11-6-7-13(9-15(11)21(24)25)17(23)19-10-16(22)20-12(2)14-5-3-4-8-18-14/h3-9,12H,10H2,1-2H3,(H,19,23)(H,20,22). The molecule has 2 amide bonds. The quantitative estimate of drug-likeness (QED) is 0.615. The van der Waals surface area contributed by atoms with Gasteiger partial charge in [0.1, 0.15) is 0 Å². The lowest BCUT2D eigenvalue weighted by Crippen LogP contribution is -2.38. The highest BCUT2D eigenvalue weighted by atomic mass is 16.6. The van der Waals surface area contributed by atoms with E-state index < -0.39 is 10.8 Å². The van der Waals surface area contributed by atoms with Gasteiger partial charge in [0, 0.05) is 23.4 Å². The van der Waals surface area contributed by atoms with Crippen LogP contribution in [0.5, 0.6) is 0 Å². The zero-order valence-corrected chi connectivity index (χ0v) is 13.9. The number of nitrogens with one attached hydrogen (secondary N) is 2. The van der Waals surface area contributed by atoms with Gasteiger partial charge in [-0.3, -0.25) is 24.7 Å². The SMILES string of the molecule is Cc1ccc(C(=O)NCC(=O)NC(C)c2ccccn2)cc1[N+](=O)[O-]. The summed E-state index contributed by atoms with van der Waals surface area (Å²) in [7, 11) is 0. The summed E-state index contributed by atoms with van der Waals surface area (Å²) in [5, 5.41) is 16.1. The number of aryl methyl sites for hydroxylation is 1. The average Bonchev–Trinajstić information content (AvgIpc) is 2.60. The van der Waals surface area contributed by atoms with Gasteiger partial charge in [-0.1, -0.05) is 12.1 Å². The van der Waals surface area contributed by atoms with E-state index in [0.29, 0.717) is 11.3 Å². The van der Waals surface area contributed by atoms with Crippen molar-refractivity contribution in [3.05, 3.63) is 69.5 Å². The van der Waals surface area contributed by atoms with Crippen LogP contribution < -0.4 is 10.6 Å². The molecule has 130 valence electrons. The summed E-state index contributed by atoms with van der Waals surface area (Å²) in [5.74, 6) is -0.933. The number of aromatic nitrogens is 1. The van der Waals surface area contributed by atoms with E-state index in [-0.39, 0.29) is 29.7 Å². The van der Waals surface area contributed by atoms with Crippen molar-refractivity contribution in [2.45, 2.75) is 19.9 Å². The summed E-state index contributed by atoms with van der Waals surface area (Å²) < 4.78 is 0. The highest BCUT2D eigenvalue weighted by Crippen LogP contribution is 2.19. The number of pyridine rings is 1. The fourth-order valence-electron chi connectivity index (χ4n) is 2.21. The van der Waals surface area contributed by atoms with Gasteiger partial charge in [-0.15, -0.1) is 0 Å². The molecule has 0 aliphatic rings. The molecule has 0 saturated heterocycles. The molecule has 1 atom stereocenters. The van der Waals surface area contributed by atoms with Gasteiger partial charge in [0.2, 0.25) is 5.91 Å². The minimum absolute atomic E-state index is 0.128. The minimum Gasteiger partial charge on any atom is -0.346 e. The van der Waals surface area contributed by atoms with Gasteiger partial charge in [-0.05, 0) is 32.0 Å². The van der Waals surface area contributed by atoms with Gasteiger partial charge >= 0.3 is 0 Å². The fraction of sp³-hybridized carbons (Fsp3) is 0.235. The summed E-state index contributed by atoms with van der Waals surface area (Å²) in [6.45, 7) is 3.13. The number of nitro benzene ring substituents is 1. The van der Waals surface area contributed by atoms with Crippen molar-refractivity contribution < 1.29 is 14.5 Å². The molecule has 8 nitrogen and oxygen atoms in total. The Morgan fingerprint density at radius 3 is 2.68 bits per heavy atom. The second-order valence-electron chi connectivity index (χ2n) is 5.48. The van der Waals surface area contributed by atoms with E-state index in [4.69, 9.17) is 0 Å². The second kappa shape index (κ2) is 8.00. The molecule has 0 radical (unpaired) electrons. The topological polar surface area (TPSA) is 114 Å². The molecule has 8 heteroatoms. The molecule has 1 aromatic heterocycles. The van der Waals surface area contributed by atoms with Crippen LogP contribution in [0.1, 0.15) is 34.6 Å². The first-order valence-corrected chi connectivity index (χ1v) is 7.62. The Labute approximate surface area is 144 Å². The first-order valence-electron chi connectivity index (χ1n) is 7.62. The van der Waals surface area contributed by atoms with E-state index in [0.717, 1.165) is 0 Å². The number of carbonyl (C=O) groups excluding carboxylic acids is 2. The third kappa shape index (κ3) is 4.84. The van der Waals surface area contributed by atoms with Crippen LogP contribution in [0.4, 0.5) is 5.69 Å². The lowest BCUT2D eigenvalue weighted by molar-refractivity contribution is -0.385. The normalized spacial score (nSPS) is 11.4. The summed E-state index contributed by atoms with van der Waals surface area (Å²) in [5.41, 5.74) is 1.16. The molecule has 0 spiro atoms. The van der Waals surface area contributed by atoms with E-state index >= 15 is 0 Å². The van der Waals surface area contributed by atoms with Crippen molar-refractivity contribution in [3.63, 3.8) is 0 Å². The molecule has 2 N–H and O–H groups in total. The summed E-state index contributed by atoms with van der Waals surface area (Å²) >= 11 is 0. The Kier molecular flexibility index (Phi) is 5.78. The van der Waals surface area contributed by atoms with Gasteiger partial charge in [0.25, 0.3) is 11.6 Å². The molecular weight excluding hydrogens is 324 g/mol. The lowest BCUT2D eigenvalue weighted by Gasteiger charge is -2.13. The summed E-state index contributed by atoms with van der Waals surface area (Å²) in [4.78, 5) is 38.5. The van der Waals surface area contributed by atoms with Crippen molar-refractivity contribution in [2.24, 2.45) is 0 Å². The molecule has 1 unspecified atom stereocenters. The second-order valence-corrected chi connectivity index (χ2v) is 5.48.